The molecule has 1 aromatic carbocycles. The van der Waals surface area contributed by atoms with Crippen LogP contribution in [-0.4, -0.2) is 27.5 Å². The molecule has 0 spiro atoms. The van der Waals surface area contributed by atoms with Gasteiger partial charge < -0.3 is 10.5 Å². The number of esters is 1. The summed E-state index contributed by atoms with van der Waals surface area (Å²) in [5.41, 5.74) is 3.10. The first-order chi connectivity index (χ1) is 12.7. The van der Waals surface area contributed by atoms with Crippen molar-refractivity contribution in [2.75, 3.05) is 12.3 Å². The molecule has 0 saturated carbocycles. The van der Waals surface area contributed by atoms with Gasteiger partial charge in [0.1, 0.15) is 23.0 Å². The van der Waals surface area contributed by atoms with Gasteiger partial charge in [-0.1, -0.05) is 6.92 Å². The van der Waals surface area contributed by atoms with E-state index in [0.717, 1.165) is 21.3 Å². The summed E-state index contributed by atoms with van der Waals surface area (Å²) in [4.78, 5) is 48.5. The number of nitrogens with two attached hydrogens (primary N) is 1. The number of ether oxygens (including phenoxy) is 1. The van der Waals surface area contributed by atoms with Crippen LogP contribution in [0.2, 0.25) is 0 Å². The summed E-state index contributed by atoms with van der Waals surface area (Å²) in [6.45, 7) is 1.05. The molecule has 27 heavy (non-hydrogen) atoms. The Bertz CT molecular complexity index is 1030. The molecule has 1 aromatic heterocycles. The molecule has 0 bridgehead atoms. The zero-order valence-electron chi connectivity index (χ0n) is 14.6. The maximum Gasteiger partial charge on any atom is 0.341 e. The van der Waals surface area contributed by atoms with Crippen LogP contribution in [0.4, 0.5) is 14.6 Å². The number of nitrogens with zero attached hydrogens (tertiary/aromatic N) is 2. The van der Waals surface area contributed by atoms with E-state index in [1.165, 1.54) is 7.05 Å². The van der Waals surface area contributed by atoms with Crippen molar-refractivity contribution >= 4 is 17.6 Å². The summed E-state index contributed by atoms with van der Waals surface area (Å²) in [5.74, 6) is -4.53. The van der Waals surface area contributed by atoms with Crippen molar-refractivity contribution in [3.8, 4) is 0 Å². The Balaban J connectivity index is 2.29. The molecule has 0 radical (unpaired) electrons. The van der Waals surface area contributed by atoms with Crippen molar-refractivity contribution < 1.29 is 23.1 Å². The SMILES string of the molecule is CCCn1c(N)c(C(=O)COC(=O)c2ccc(F)cc2F)c(=O)n(C)c1=O. The van der Waals surface area contributed by atoms with Gasteiger partial charge in [-0.2, -0.15) is 0 Å². The lowest BCUT2D eigenvalue weighted by molar-refractivity contribution is 0.0469. The highest BCUT2D eigenvalue weighted by Gasteiger charge is 2.23. The molecular weight excluding hydrogens is 364 g/mol. The number of aromatic nitrogens is 2. The predicted octanol–water partition coefficient (Wildman–Crippen LogP) is 0.857. The molecule has 8 nitrogen and oxygen atoms in total. The topological polar surface area (TPSA) is 113 Å². The minimum atomic E-state index is -1.21. The number of benzene rings is 1. The quantitative estimate of drug-likeness (QED) is 0.586. The van der Waals surface area contributed by atoms with Gasteiger partial charge in [-0.25, -0.2) is 18.4 Å². The molecule has 0 saturated heterocycles. The first kappa shape index (κ1) is 20.0. The van der Waals surface area contributed by atoms with Crippen molar-refractivity contribution in [2.45, 2.75) is 19.9 Å². The number of Topliss-reactive ketones (excluding diaryl/α,β-unsaturated/α-hetero) is 1. The van der Waals surface area contributed by atoms with E-state index in [9.17, 15) is 28.0 Å². The highest BCUT2D eigenvalue weighted by Crippen LogP contribution is 2.12. The van der Waals surface area contributed by atoms with E-state index >= 15 is 0 Å². The fraction of sp³-hybridized carbons (Fsp3) is 0.294. The summed E-state index contributed by atoms with van der Waals surface area (Å²) in [6.07, 6.45) is 0.523. The maximum absolute atomic E-state index is 13.6. The van der Waals surface area contributed by atoms with Crippen LogP contribution in [-0.2, 0) is 18.3 Å². The van der Waals surface area contributed by atoms with E-state index in [0.29, 0.717) is 12.5 Å². The van der Waals surface area contributed by atoms with E-state index in [-0.39, 0.29) is 12.4 Å². The van der Waals surface area contributed by atoms with Gasteiger partial charge in [0.25, 0.3) is 5.56 Å². The van der Waals surface area contributed by atoms with Crippen LogP contribution in [0.25, 0.3) is 0 Å². The smallest absolute Gasteiger partial charge is 0.341 e. The zero-order valence-corrected chi connectivity index (χ0v) is 14.6. The summed E-state index contributed by atoms with van der Waals surface area (Å²) in [5, 5.41) is 0. The molecule has 0 unspecified atom stereocenters. The van der Waals surface area contributed by atoms with Crippen LogP contribution in [0, 0.1) is 11.6 Å². The number of carbonyl (C=O) groups excluding carboxylic acids is 2. The molecule has 2 N–H and O–H groups in total. The fourth-order valence-electron chi connectivity index (χ4n) is 2.42. The van der Waals surface area contributed by atoms with E-state index < -0.39 is 52.4 Å². The highest BCUT2D eigenvalue weighted by atomic mass is 19.1. The maximum atomic E-state index is 13.6. The van der Waals surface area contributed by atoms with E-state index in [1.54, 1.807) is 6.92 Å². The van der Waals surface area contributed by atoms with Gasteiger partial charge >= 0.3 is 11.7 Å². The lowest BCUT2D eigenvalue weighted by Crippen LogP contribution is -2.43. The average Bonchev–Trinajstić information content (AvgIpc) is 2.61. The number of halogens is 2. The van der Waals surface area contributed by atoms with Crippen LogP contribution < -0.4 is 17.0 Å². The van der Waals surface area contributed by atoms with E-state index in [4.69, 9.17) is 10.5 Å². The predicted molar refractivity (Wildman–Crippen MR) is 91.6 cm³/mol. The molecule has 0 aliphatic carbocycles. The van der Waals surface area contributed by atoms with Crippen molar-refractivity contribution in [3.63, 3.8) is 0 Å². The second-order valence-electron chi connectivity index (χ2n) is 5.68. The molecule has 0 fully saturated rings. The number of hydrogen-bond donors (Lipinski definition) is 1. The summed E-state index contributed by atoms with van der Waals surface area (Å²) in [7, 11) is 1.19. The Labute approximate surface area is 151 Å². The Hall–Kier alpha value is -3.30. The summed E-state index contributed by atoms with van der Waals surface area (Å²) >= 11 is 0. The molecule has 10 heteroatoms. The van der Waals surface area contributed by atoms with Gasteiger partial charge in [-0.05, 0) is 18.6 Å². The minimum absolute atomic E-state index is 0.180. The van der Waals surface area contributed by atoms with Gasteiger partial charge in [0.2, 0.25) is 5.78 Å². The number of rotatable bonds is 6. The van der Waals surface area contributed by atoms with Crippen LogP contribution in [0.15, 0.2) is 27.8 Å². The third kappa shape index (κ3) is 3.94. The largest absolute Gasteiger partial charge is 0.454 e. The number of hydrogen-bond acceptors (Lipinski definition) is 6. The highest BCUT2D eigenvalue weighted by molar-refractivity contribution is 6.02. The van der Waals surface area contributed by atoms with Gasteiger partial charge in [0, 0.05) is 19.7 Å². The van der Waals surface area contributed by atoms with Gasteiger partial charge in [-0.3, -0.25) is 18.7 Å². The van der Waals surface area contributed by atoms with Crippen molar-refractivity contribution in [3.05, 3.63) is 61.8 Å². The number of nitrogen functional groups attached to an aromatic ring is 1. The van der Waals surface area contributed by atoms with Crippen LogP contribution in [0.5, 0.6) is 0 Å². The van der Waals surface area contributed by atoms with E-state index in [1.807, 2.05) is 0 Å². The third-order valence-electron chi connectivity index (χ3n) is 3.79. The molecule has 2 aromatic rings. The Morgan fingerprint density at radius 3 is 2.48 bits per heavy atom. The molecular formula is C17H17F2N3O5. The number of carbonyl (C=O) groups is 2. The van der Waals surface area contributed by atoms with Crippen molar-refractivity contribution in [1.82, 2.24) is 9.13 Å². The number of ketones is 1. The lowest BCUT2D eigenvalue weighted by atomic mass is 10.2. The van der Waals surface area contributed by atoms with Crippen molar-refractivity contribution in [2.24, 2.45) is 7.05 Å². The van der Waals surface area contributed by atoms with Crippen LogP contribution >= 0.6 is 0 Å². The fourth-order valence-corrected chi connectivity index (χ4v) is 2.42. The van der Waals surface area contributed by atoms with Crippen LogP contribution in [0.3, 0.4) is 0 Å². The monoisotopic (exact) mass is 381 g/mol. The zero-order chi connectivity index (χ0) is 20.3. The van der Waals surface area contributed by atoms with Gasteiger partial charge in [0.15, 0.2) is 6.61 Å². The molecule has 0 aliphatic heterocycles. The van der Waals surface area contributed by atoms with E-state index in [2.05, 4.69) is 0 Å². The molecule has 2 rings (SSSR count). The minimum Gasteiger partial charge on any atom is -0.454 e. The Morgan fingerprint density at radius 1 is 1.22 bits per heavy atom. The summed E-state index contributed by atoms with van der Waals surface area (Å²) in [6, 6.07) is 2.22. The molecule has 0 atom stereocenters. The summed E-state index contributed by atoms with van der Waals surface area (Å²) < 4.78 is 32.9. The third-order valence-corrected chi connectivity index (χ3v) is 3.79. The van der Waals surface area contributed by atoms with Gasteiger partial charge in [-0.15, -0.1) is 0 Å². The lowest BCUT2D eigenvalue weighted by Gasteiger charge is -2.14. The second kappa shape index (κ2) is 7.94. The Morgan fingerprint density at radius 2 is 1.89 bits per heavy atom. The van der Waals surface area contributed by atoms with Crippen LogP contribution in [0.1, 0.15) is 34.1 Å². The molecule has 1 heterocycles. The normalized spacial score (nSPS) is 10.7. The standard InChI is InChI=1S/C17H17F2N3O5/c1-3-6-22-14(20)13(15(24)21(2)17(22)26)12(23)8-27-16(25)10-5-4-9(18)7-11(10)19/h4-5,7H,3,6,8,20H2,1-2H3. The average molecular weight is 381 g/mol. The Kier molecular flexibility index (Phi) is 5.88. The second-order valence-corrected chi connectivity index (χ2v) is 5.68. The molecule has 144 valence electrons. The van der Waals surface area contributed by atoms with Crippen molar-refractivity contribution in [1.29, 1.82) is 0 Å². The van der Waals surface area contributed by atoms with Gasteiger partial charge in [0.05, 0.1) is 5.56 Å². The first-order valence-electron chi connectivity index (χ1n) is 7.93. The number of anilines is 1. The first-order valence-corrected chi connectivity index (χ1v) is 7.93. The molecule has 0 amide bonds. The molecule has 0 aliphatic rings.